The van der Waals surface area contributed by atoms with Crippen molar-refractivity contribution >= 4 is 0 Å². The van der Waals surface area contributed by atoms with Crippen LogP contribution in [-0.2, 0) is 0 Å². The summed E-state index contributed by atoms with van der Waals surface area (Å²) in [5, 5.41) is 12.0. The highest BCUT2D eigenvalue weighted by Gasteiger charge is 2.65. The fourth-order valence-electron chi connectivity index (χ4n) is 2.68. The Hall–Kier alpha value is -0.550. The lowest BCUT2D eigenvalue weighted by molar-refractivity contribution is 0.393. The molecule has 0 aromatic heterocycles. The molecular formula is C9H14N2. The van der Waals surface area contributed by atoms with Crippen molar-refractivity contribution in [3.63, 3.8) is 0 Å². The van der Waals surface area contributed by atoms with Crippen LogP contribution in [0.15, 0.2) is 0 Å². The maximum Gasteiger partial charge on any atom is 0.0990 e. The maximum absolute atomic E-state index is 8.78. The molecule has 1 unspecified atom stereocenters. The Kier molecular flexibility index (Phi) is 1.28. The summed E-state index contributed by atoms with van der Waals surface area (Å²) in [5.74, 6) is 1.44. The zero-order valence-electron chi connectivity index (χ0n) is 7.09. The average molecular weight is 150 g/mol. The Morgan fingerprint density at radius 2 is 2.45 bits per heavy atom. The molecule has 0 amide bonds. The van der Waals surface area contributed by atoms with Crippen LogP contribution in [0.2, 0.25) is 0 Å². The third-order valence-electron chi connectivity index (χ3n) is 3.75. The molecule has 1 aliphatic carbocycles. The van der Waals surface area contributed by atoms with E-state index in [0.717, 1.165) is 12.5 Å². The van der Waals surface area contributed by atoms with Crippen molar-refractivity contribution in [1.82, 2.24) is 5.32 Å². The van der Waals surface area contributed by atoms with Gasteiger partial charge in [0, 0.05) is 6.54 Å². The molecule has 2 heteroatoms. The molecule has 4 atom stereocenters. The van der Waals surface area contributed by atoms with Crippen LogP contribution >= 0.6 is 0 Å². The molecule has 0 radical (unpaired) electrons. The van der Waals surface area contributed by atoms with E-state index in [9.17, 15) is 0 Å². The van der Waals surface area contributed by atoms with Crippen LogP contribution < -0.4 is 5.32 Å². The van der Waals surface area contributed by atoms with Gasteiger partial charge < -0.3 is 5.32 Å². The smallest absolute Gasteiger partial charge is 0.0990 e. The predicted octanol–water partition coefficient (Wildman–Crippen LogP) is 1.14. The van der Waals surface area contributed by atoms with E-state index >= 15 is 0 Å². The van der Waals surface area contributed by atoms with Crippen LogP contribution in [0, 0.1) is 28.6 Å². The molecule has 1 N–H and O–H groups in total. The van der Waals surface area contributed by atoms with Crippen LogP contribution in [0.3, 0.4) is 0 Å². The summed E-state index contributed by atoms with van der Waals surface area (Å²) in [5.41, 5.74) is 0.492. The molecule has 0 spiro atoms. The first-order valence-electron chi connectivity index (χ1n) is 4.37. The quantitative estimate of drug-likeness (QED) is 0.608. The minimum Gasteiger partial charge on any atom is -0.301 e. The lowest BCUT2D eigenvalue weighted by atomic mass is 9.97. The van der Waals surface area contributed by atoms with E-state index in [1.807, 2.05) is 0 Å². The van der Waals surface area contributed by atoms with Crippen molar-refractivity contribution in [1.29, 1.82) is 5.26 Å². The highest BCUT2D eigenvalue weighted by Crippen LogP contribution is 2.64. The first kappa shape index (κ1) is 7.12. The number of fused-ring (bicyclic) bond motifs is 1. The molecule has 1 saturated carbocycles. The van der Waals surface area contributed by atoms with Crippen LogP contribution in [0.5, 0.6) is 0 Å². The third-order valence-corrected chi connectivity index (χ3v) is 3.75. The van der Waals surface area contributed by atoms with Gasteiger partial charge in [-0.2, -0.15) is 5.26 Å². The number of nitrogens with zero attached hydrogens (tertiary/aromatic N) is 1. The number of hydrogen-bond acceptors (Lipinski definition) is 2. The van der Waals surface area contributed by atoms with Gasteiger partial charge in [0.2, 0.25) is 0 Å². The molecule has 60 valence electrons. The predicted molar refractivity (Wildman–Crippen MR) is 42.8 cm³/mol. The molecular weight excluding hydrogens is 136 g/mol. The van der Waals surface area contributed by atoms with E-state index in [1.54, 1.807) is 0 Å². The summed E-state index contributed by atoms with van der Waals surface area (Å²) in [6.07, 6.45) is 1.22. The summed E-state index contributed by atoms with van der Waals surface area (Å²) >= 11 is 0. The Bertz CT molecular complexity index is 218. The molecule has 1 aliphatic heterocycles. The molecule has 2 fully saturated rings. The molecule has 0 aromatic rings. The second-order valence-corrected chi connectivity index (χ2v) is 4.01. The van der Waals surface area contributed by atoms with Gasteiger partial charge in [-0.25, -0.2) is 0 Å². The van der Waals surface area contributed by atoms with Crippen molar-refractivity contribution in [3.8, 4) is 6.07 Å². The standard InChI is InChI=1S/C9H14N2/c1-3-9(2)6-5-11-7(4-10)8(6)9/h6-8,11H,3,5H2,1-2H3/t6-,7+,8-,9?/m0/s1. The van der Waals surface area contributed by atoms with Crippen molar-refractivity contribution in [2.75, 3.05) is 6.54 Å². The summed E-state index contributed by atoms with van der Waals surface area (Å²) in [7, 11) is 0. The van der Waals surface area contributed by atoms with Crippen molar-refractivity contribution in [2.45, 2.75) is 26.3 Å². The van der Waals surface area contributed by atoms with Gasteiger partial charge in [-0.05, 0) is 17.3 Å². The summed E-state index contributed by atoms with van der Waals surface area (Å²) in [4.78, 5) is 0. The average Bonchev–Trinajstić information content (AvgIpc) is 2.49. The van der Waals surface area contributed by atoms with Crippen LogP contribution in [0.1, 0.15) is 20.3 Å². The number of hydrogen-bond donors (Lipinski definition) is 1. The van der Waals surface area contributed by atoms with E-state index in [-0.39, 0.29) is 6.04 Å². The van der Waals surface area contributed by atoms with Crippen molar-refractivity contribution < 1.29 is 0 Å². The largest absolute Gasteiger partial charge is 0.301 e. The van der Waals surface area contributed by atoms with Crippen LogP contribution in [0.25, 0.3) is 0 Å². The number of nitriles is 1. The molecule has 2 nitrogen and oxygen atoms in total. The normalized spacial score (nSPS) is 53.4. The van der Waals surface area contributed by atoms with E-state index < -0.39 is 0 Å². The molecule has 0 bridgehead atoms. The molecule has 0 aromatic carbocycles. The topological polar surface area (TPSA) is 35.8 Å². The SMILES string of the molecule is CCC1(C)[C@@H]2[C@@H](C#N)NC[C@@H]21. The number of nitrogens with one attached hydrogen (secondary N) is 1. The second kappa shape index (κ2) is 1.98. The van der Waals surface area contributed by atoms with E-state index in [1.165, 1.54) is 6.42 Å². The molecule has 1 saturated heterocycles. The maximum atomic E-state index is 8.78. The van der Waals surface area contributed by atoms with Gasteiger partial charge in [-0.3, -0.25) is 0 Å². The summed E-state index contributed by atoms with van der Waals surface area (Å²) in [6.45, 7) is 5.60. The molecule has 2 rings (SSSR count). The highest BCUT2D eigenvalue weighted by molar-refractivity contribution is 5.21. The van der Waals surface area contributed by atoms with Crippen molar-refractivity contribution in [3.05, 3.63) is 0 Å². The fourth-order valence-corrected chi connectivity index (χ4v) is 2.68. The number of rotatable bonds is 1. The van der Waals surface area contributed by atoms with E-state index in [4.69, 9.17) is 5.26 Å². The summed E-state index contributed by atoms with van der Waals surface area (Å²) < 4.78 is 0. The van der Waals surface area contributed by atoms with Crippen LogP contribution in [0.4, 0.5) is 0 Å². The van der Waals surface area contributed by atoms with Gasteiger partial charge in [0.05, 0.1) is 12.1 Å². The van der Waals surface area contributed by atoms with Gasteiger partial charge in [0.15, 0.2) is 0 Å². The van der Waals surface area contributed by atoms with E-state index in [0.29, 0.717) is 11.3 Å². The Morgan fingerprint density at radius 3 is 2.91 bits per heavy atom. The van der Waals surface area contributed by atoms with Crippen molar-refractivity contribution in [2.24, 2.45) is 17.3 Å². The zero-order valence-corrected chi connectivity index (χ0v) is 7.09. The third kappa shape index (κ3) is 0.696. The first-order valence-corrected chi connectivity index (χ1v) is 4.37. The van der Waals surface area contributed by atoms with Gasteiger partial charge in [-0.15, -0.1) is 0 Å². The van der Waals surface area contributed by atoms with Gasteiger partial charge in [-0.1, -0.05) is 20.3 Å². The monoisotopic (exact) mass is 150 g/mol. The van der Waals surface area contributed by atoms with Gasteiger partial charge in [0.1, 0.15) is 0 Å². The minimum atomic E-state index is 0.143. The fraction of sp³-hybridized carbons (Fsp3) is 0.889. The van der Waals surface area contributed by atoms with Gasteiger partial charge >= 0.3 is 0 Å². The molecule has 11 heavy (non-hydrogen) atoms. The summed E-state index contributed by atoms with van der Waals surface area (Å²) in [6, 6.07) is 2.48. The molecule has 2 aliphatic rings. The first-order chi connectivity index (χ1) is 5.24. The zero-order chi connectivity index (χ0) is 8.06. The minimum absolute atomic E-state index is 0.143. The highest BCUT2D eigenvalue weighted by atomic mass is 15.0. The second-order valence-electron chi connectivity index (χ2n) is 4.01. The Labute approximate surface area is 67.6 Å². The Balaban J connectivity index is 2.13. The van der Waals surface area contributed by atoms with E-state index in [2.05, 4.69) is 25.2 Å². The number of piperidine rings is 1. The van der Waals surface area contributed by atoms with Crippen LogP contribution in [-0.4, -0.2) is 12.6 Å². The lowest BCUT2D eigenvalue weighted by Crippen LogP contribution is -2.29. The van der Waals surface area contributed by atoms with Gasteiger partial charge in [0.25, 0.3) is 0 Å². The molecule has 1 heterocycles. The Morgan fingerprint density at radius 1 is 1.73 bits per heavy atom. The lowest BCUT2D eigenvalue weighted by Gasteiger charge is -2.15.